The number of aromatic nitrogens is 1. The molecule has 1 aromatic rings. The molecule has 0 aromatic carbocycles. The number of rotatable bonds is 3. The molecule has 3 nitrogen and oxygen atoms in total. The van der Waals surface area contributed by atoms with Crippen LogP contribution in [0.1, 0.15) is 37.6 Å². The summed E-state index contributed by atoms with van der Waals surface area (Å²) in [6.07, 6.45) is 0.487. The molecule has 0 saturated heterocycles. The largest absolute Gasteiger partial charge is 0.443 e. The predicted octanol–water partition coefficient (Wildman–Crippen LogP) is 1.70. The first kappa shape index (κ1) is 9.65. The lowest BCUT2D eigenvalue weighted by atomic mass is 10.1. The molecular weight excluding hydrogens is 183 g/mol. The van der Waals surface area contributed by atoms with Crippen LogP contribution in [0.5, 0.6) is 0 Å². The van der Waals surface area contributed by atoms with Crippen molar-refractivity contribution >= 4 is 0 Å². The zero-order valence-corrected chi connectivity index (χ0v) is 8.51. The van der Waals surface area contributed by atoms with E-state index in [-0.39, 0.29) is 0 Å². The monoisotopic (exact) mass is 198 g/mol. The zero-order valence-electron chi connectivity index (χ0n) is 8.51. The molecule has 0 radical (unpaired) electrons. The van der Waals surface area contributed by atoms with Gasteiger partial charge in [-0.1, -0.05) is 6.92 Å². The number of alkyl halides is 1. The van der Waals surface area contributed by atoms with E-state index in [2.05, 4.69) is 4.98 Å². The molecule has 1 saturated carbocycles. The summed E-state index contributed by atoms with van der Waals surface area (Å²) in [6.45, 7) is 4.16. The normalized spacial score (nSPS) is 30.7. The number of aryl methyl sites for hydroxylation is 1. The Morgan fingerprint density at radius 2 is 2.36 bits per heavy atom. The molecule has 0 bridgehead atoms. The Kier molecular flexibility index (Phi) is 2.10. The van der Waals surface area contributed by atoms with Crippen LogP contribution in [0.15, 0.2) is 4.42 Å². The van der Waals surface area contributed by atoms with Crippen molar-refractivity contribution in [1.82, 2.24) is 4.98 Å². The average molecular weight is 198 g/mol. The van der Waals surface area contributed by atoms with Crippen molar-refractivity contribution in [3.8, 4) is 0 Å². The minimum Gasteiger partial charge on any atom is -0.443 e. The Bertz CT molecular complexity index is 328. The summed E-state index contributed by atoms with van der Waals surface area (Å²) < 4.78 is 18.5. The van der Waals surface area contributed by atoms with E-state index in [0.717, 1.165) is 12.1 Å². The van der Waals surface area contributed by atoms with Gasteiger partial charge in [0.25, 0.3) is 0 Å². The topological polar surface area (TPSA) is 52.0 Å². The van der Waals surface area contributed by atoms with Gasteiger partial charge in [-0.25, -0.2) is 9.37 Å². The second kappa shape index (κ2) is 3.05. The summed E-state index contributed by atoms with van der Waals surface area (Å²) >= 11 is 0. The fraction of sp³-hybridized carbons (Fsp3) is 0.700. The molecule has 4 heteroatoms. The van der Waals surface area contributed by atoms with Gasteiger partial charge in [-0.2, -0.15) is 0 Å². The van der Waals surface area contributed by atoms with E-state index in [1.54, 1.807) is 0 Å². The van der Waals surface area contributed by atoms with Gasteiger partial charge in [-0.15, -0.1) is 0 Å². The Morgan fingerprint density at radius 1 is 1.71 bits per heavy atom. The first-order valence-corrected chi connectivity index (χ1v) is 4.95. The van der Waals surface area contributed by atoms with E-state index in [0.29, 0.717) is 24.6 Å². The lowest BCUT2D eigenvalue weighted by Gasteiger charge is -2.00. The molecule has 78 valence electrons. The van der Waals surface area contributed by atoms with Gasteiger partial charge in [0.05, 0.1) is 17.7 Å². The Hall–Kier alpha value is -0.900. The summed E-state index contributed by atoms with van der Waals surface area (Å²) in [5.41, 5.74) is 5.89. The molecule has 1 heterocycles. The van der Waals surface area contributed by atoms with Crippen molar-refractivity contribution in [2.45, 2.75) is 44.8 Å². The summed E-state index contributed by atoms with van der Waals surface area (Å²) in [7, 11) is 0. The van der Waals surface area contributed by atoms with Crippen molar-refractivity contribution in [2.24, 2.45) is 5.73 Å². The van der Waals surface area contributed by atoms with Gasteiger partial charge < -0.3 is 10.2 Å². The molecule has 2 atom stereocenters. The van der Waals surface area contributed by atoms with E-state index < -0.39 is 11.6 Å². The van der Waals surface area contributed by atoms with Crippen LogP contribution < -0.4 is 5.73 Å². The van der Waals surface area contributed by atoms with Crippen LogP contribution in [0.4, 0.5) is 4.39 Å². The van der Waals surface area contributed by atoms with Crippen molar-refractivity contribution in [3.63, 3.8) is 0 Å². The highest BCUT2D eigenvalue weighted by Gasteiger charge is 2.56. The van der Waals surface area contributed by atoms with Crippen molar-refractivity contribution in [3.05, 3.63) is 17.3 Å². The summed E-state index contributed by atoms with van der Waals surface area (Å²) in [5, 5.41) is 0. The standard InChI is InChI=1S/C10H15FN2O/c1-3-6-7(5-12)14-9(13-6)10(2)4-8(10)11/h8H,3-5,12H2,1-2H3. The summed E-state index contributed by atoms with van der Waals surface area (Å²) in [4.78, 5) is 4.30. The van der Waals surface area contributed by atoms with Gasteiger partial charge in [0, 0.05) is 0 Å². The molecule has 1 fully saturated rings. The second-order valence-corrected chi connectivity index (χ2v) is 4.04. The molecule has 0 aliphatic heterocycles. The van der Waals surface area contributed by atoms with Crippen molar-refractivity contribution in [1.29, 1.82) is 0 Å². The van der Waals surface area contributed by atoms with Gasteiger partial charge in [0.1, 0.15) is 11.9 Å². The fourth-order valence-corrected chi connectivity index (χ4v) is 1.60. The van der Waals surface area contributed by atoms with Crippen LogP contribution >= 0.6 is 0 Å². The van der Waals surface area contributed by atoms with Crippen LogP contribution in [0.3, 0.4) is 0 Å². The highest BCUT2D eigenvalue weighted by atomic mass is 19.1. The predicted molar refractivity (Wildman–Crippen MR) is 50.6 cm³/mol. The second-order valence-electron chi connectivity index (χ2n) is 4.04. The average Bonchev–Trinajstić information content (AvgIpc) is 2.68. The smallest absolute Gasteiger partial charge is 0.203 e. The van der Waals surface area contributed by atoms with Crippen molar-refractivity contribution in [2.75, 3.05) is 0 Å². The number of nitrogens with two attached hydrogens (primary N) is 1. The number of hydrogen-bond acceptors (Lipinski definition) is 3. The van der Waals surface area contributed by atoms with Crippen LogP contribution in [0.25, 0.3) is 0 Å². The fourth-order valence-electron chi connectivity index (χ4n) is 1.60. The first-order chi connectivity index (χ1) is 6.61. The maximum absolute atomic E-state index is 13.1. The number of hydrogen-bond donors (Lipinski definition) is 1. The quantitative estimate of drug-likeness (QED) is 0.804. The third kappa shape index (κ3) is 1.25. The van der Waals surface area contributed by atoms with E-state index in [1.807, 2.05) is 13.8 Å². The molecule has 2 N–H and O–H groups in total. The van der Waals surface area contributed by atoms with Gasteiger partial charge in [-0.05, 0) is 19.8 Å². The molecule has 2 unspecified atom stereocenters. The minimum atomic E-state index is -0.809. The lowest BCUT2D eigenvalue weighted by Crippen LogP contribution is -2.05. The van der Waals surface area contributed by atoms with Crippen LogP contribution in [0, 0.1) is 0 Å². The summed E-state index contributed by atoms with van der Waals surface area (Å²) in [5.74, 6) is 1.21. The molecular formula is C10H15FN2O. The maximum Gasteiger partial charge on any atom is 0.203 e. The number of oxazole rings is 1. The van der Waals surface area contributed by atoms with E-state index in [4.69, 9.17) is 10.2 Å². The van der Waals surface area contributed by atoms with Gasteiger partial charge in [0.2, 0.25) is 5.89 Å². The Balaban J connectivity index is 2.32. The van der Waals surface area contributed by atoms with Gasteiger partial charge in [0.15, 0.2) is 0 Å². The molecule has 0 amide bonds. The number of halogens is 1. The van der Waals surface area contributed by atoms with Crippen LogP contribution in [-0.4, -0.2) is 11.2 Å². The minimum absolute atomic E-state index is 0.337. The van der Waals surface area contributed by atoms with Gasteiger partial charge in [-0.3, -0.25) is 0 Å². The third-order valence-electron chi connectivity index (χ3n) is 2.92. The number of nitrogens with zero attached hydrogens (tertiary/aromatic N) is 1. The molecule has 1 aliphatic rings. The Labute approximate surface area is 82.5 Å². The van der Waals surface area contributed by atoms with E-state index >= 15 is 0 Å². The highest BCUT2D eigenvalue weighted by molar-refractivity contribution is 5.23. The van der Waals surface area contributed by atoms with E-state index in [9.17, 15) is 4.39 Å². The molecule has 14 heavy (non-hydrogen) atoms. The highest BCUT2D eigenvalue weighted by Crippen LogP contribution is 2.50. The third-order valence-corrected chi connectivity index (χ3v) is 2.92. The summed E-state index contributed by atoms with van der Waals surface area (Å²) in [6, 6.07) is 0. The molecule has 2 rings (SSSR count). The van der Waals surface area contributed by atoms with Gasteiger partial charge >= 0.3 is 0 Å². The maximum atomic E-state index is 13.1. The van der Waals surface area contributed by atoms with E-state index in [1.165, 1.54) is 0 Å². The zero-order chi connectivity index (χ0) is 10.3. The Morgan fingerprint density at radius 3 is 2.71 bits per heavy atom. The molecule has 1 aromatic heterocycles. The first-order valence-electron chi connectivity index (χ1n) is 4.95. The SMILES string of the molecule is CCc1nc(C2(C)CC2F)oc1CN. The van der Waals surface area contributed by atoms with Crippen molar-refractivity contribution < 1.29 is 8.81 Å². The van der Waals surface area contributed by atoms with Crippen LogP contribution in [0.2, 0.25) is 0 Å². The van der Waals surface area contributed by atoms with Crippen LogP contribution in [-0.2, 0) is 18.4 Å². The molecule has 0 spiro atoms. The lowest BCUT2D eigenvalue weighted by molar-refractivity contribution is 0.364. The molecule has 1 aliphatic carbocycles.